The van der Waals surface area contributed by atoms with Crippen molar-refractivity contribution < 1.29 is 18.0 Å². The van der Waals surface area contributed by atoms with E-state index in [0.29, 0.717) is 37.4 Å². The van der Waals surface area contributed by atoms with Crippen molar-refractivity contribution in [3.05, 3.63) is 59.7 Å². The maximum atomic E-state index is 13.1. The number of benzene rings is 2. The molecule has 1 saturated heterocycles. The third kappa shape index (κ3) is 5.43. The topological polar surface area (TPSA) is 98.8 Å². The number of amides is 2. The molecule has 0 radical (unpaired) electrons. The van der Waals surface area contributed by atoms with E-state index in [0.717, 1.165) is 25.7 Å². The number of carbonyl (C=O) groups excluding carboxylic acids is 2. The average Bonchev–Trinajstić information content (AvgIpc) is 3.33. The molecule has 1 saturated carbocycles. The minimum absolute atomic E-state index is 0.0898. The first kappa shape index (κ1) is 23.4. The number of hydrogen-bond donors (Lipinski definition) is 2. The molecule has 0 spiro atoms. The highest BCUT2D eigenvalue weighted by molar-refractivity contribution is 7.89. The van der Waals surface area contributed by atoms with Crippen LogP contribution in [-0.4, -0.2) is 68.7 Å². The van der Waals surface area contributed by atoms with E-state index in [1.165, 1.54) is 16.4 Å². The lowest BCUT2D eigenvalue weighted by Gasteiger charge is -2.31. The van der Waals surface area contributed by atoms with Gasteiger partial charge in [0.1, 0.15) is 0 Å². The summed E-state index contributed by atoms with van der Waals surface area (Å²) in [4.78, 5) is 27.9. The Morgan fingerprint density at radius 3 is 2.33 bits per heavy atom. The average molecular weight is 471 g/mol. The molecule has 0 unspecified atom stereocenters. The molecule has 2 aromatic carbocycles. The lowest BCUT2D eigenvalue weighted by molar-refractivity contribution is 0.0938. The van der Waals surface area contributed by atoms with Crippen molar-refractivity contribution in [3.8, 4) is 0 Å². The second-order valence-corrected chi connectivity index (χ2v) is 10.6. The smallest absolute Gasteiger partial charge is 0.255 e. The number of nitrogens with one attached hydrogen (secondary N) is 2. The minimum atomic E-state index is -3.69. The van der Waals surface area contributed by atoms with Crippen LogP contribution in [0.4, 0.5) is 5.69 Å². The van der Waals surface area contributed by atoms with Gasteiger partial charge in [0.2, 0.25) is 10.0 Å². The predicted octanol–water partition coefficient (Wildman–Crippen LogP) is 2.55. The van der Waals surface area contributed by atoms with Gasteiger partial charge in [-0.25, -0.2) is 8.42 Å². The fourth-order valence-corrected chi connectivity index (χ4v) is 5.76. The van der Waals surface area contributed by atoms with Crippen molar-refractivity contribution in [2.75, 3.05) is 38.5 Å². The van der Waals surface area contributed by atoms with Gasteiger partial charge in [0.25, 0.3) is 11.8 Å². The first-order valence-corrected chi connectivity index (χ1v) is 12.8. The minimum Gasteiger partial charge on any atom is -0.349 e. The van der Waals surface area contributed by atoms with E-state index in [-0.39, 0.29) is 22.4 Å². The molecule has 2 aromatic rings. The highest BCUT2D eigenvalue weighted by atomic mass is 32.2. The number of para-hydroxylation sites is 1. The van der Waals surface area contributed by atoms with Gasteiger partial charge >= 0.3 is 0 Å². The van der Waals surface area contributed by atoms with Crippen LogP contribution in [-0.2, 0) is 10.0 Å². The molecule has 4 rings (SSSR count). The van der Waals surface area contributed by atoms with Gasteiger partial charge in [0.15, 0.2) is 0 Å². The Balaban J connectivity index is 1.50. The molecule has 8 nitrogen and oxygen atoms in total. The van der Waals surface area contributed by atoms with Crippen molar-refractivity contribution in [3.63, 3.8) is 0 Å². The van der Waals surface area contributed by atoms with Crippen LogP contribution in [0, 0.1) is 0 Å². The Morgan fingerprint density at radius 2 is 1.61 bits per heavy atom. The number of likely N-dealkylation sites (N-methyl/N-ethyl adjacent to an activating group) is 1. The van der Waals surface area contributed by atoms with Crippen molar-refractivity contribution in [2.45, 2.75) is 36.6 Å². The van der Waals surface area contributed by atoms with Gasteiger partial charge in [-0.15, -0.1) is 0 Å². The van der Waals surface area contributed by atoms with Gasteiger partial charge in [0.05, 0.1) is 16.1 Å². The summed E-state index contributed by atoms with van der Waals surface area (Å²) in [5.41, 5.74) is 1.00. The van der Waals surface area contributed by atoms with E-state index >= 15 is 0 Å². The normalized spacial score (nSPS) is 18.2. The Morgan fingerprint density at radius 1 is 0.909 bits per heavy atom. The van der Waals surface area contributed by atoms with Gasteiger partial charge in [0, 0.05) is 37.8 Å². The molecular weight excluding hydrogens is 440 g/mol. The summed E-state index contributed by atoms with van der Waals surface area (Å²) < 4.78 is 27.6. The molecule has 9 heteroatoms. The first-order chi connectivity index (χ1) is 15.8. The molecule has 1 aliphatic heterocycles. The number of nitrogens with zero attached hydrogens (tertiary/aromatic N) is 2. The highest BCUT2D eigenvalue weighted by Crippen LogP contribution is 2.22. The molecule has 2 amide bonds. The molecule has 2 aliphatic rings. The molecule has 0 bridgehead atoms. The Hall–Kier alpha value is -2.75. The number of sulfonamides is 1. The number of hydrogen-bond acceptors (Lipinski definition) is 5. The van der Waals surface area contributed by atoms with Crippen LogP contribution < -0.4 is 10.6 Å². The second-order valence-electron chi connectivity index (χ2n) is 8.69. The van der Waals surface area contributed by atoms with Gasteiger partial charge in [-0.05, 0) is 50.2 Å². The predicted molar refractivity (Wildman–Crippen MR) is 127 cm³/mol. The summed E-state index contributed by atoms with van der Waals surface area (Å²) in [5, 5.41) is 5.82. The second kappa shape index (κ2) is 10.0. The van der Waals surface area contributed by atoms with E-state index in [4.69, 9.17) is 0 Å². The Bertz CT molecular complexity index is 1120. The van der Waals surface area contributed by atoms with Crippen LogP contribution in [0.5, 0.6) is 0 Å². The van der Waals surface area contributed by atoms with Crippen LogP contribution in [0.3, 0.4) is 0 Å². The fourth-order valence-electron chi connectivity index (χ4n) is 4.29. The molecular formula is C24H30N4O4S. The zero-order valence-electron chi connectivity index (χ0n) is 18.8. The molecule has 33 heavy (non-hydrogen) atoms. The highest BCUT2D eigenvalue weighted by Gasteiger charge is 2.28. The number of piperazine rings is 1. The van der Waals surface area contributed by atoms with Crippen molar-refractivity contribution >= 4 is 27.5 Å². The maximum Gasteiger partial charge on any atom is 0.255 e. The zero-order valence-corrected chi connectivity index (χ0v) is 19.6. The van der Waals surface area contributed by atoms with Gasteiger partial charge in [-0.1, -0.05) is 31.0 Å². The van der Waals surface area contributed by atoms with E-state index in [1.807, 2.05) is 7.05 Å². The summed E-state index contributed by atoms with van der Waals surface area (Å²) in [5.74, 6) is -0.685. The van der Waals surface area contributed by atoms with Crippen LogP contribution in [0.15, 0.2) is 53.4 Å². The largest absolute Gasteiger partial charge is 0.349 e. The van der Waals surface area contributed by atoms with Crippen molar-refractivity contribution in [2.24, 2.45) is 0 Å². The Labute approximate surface area is 195 Å². The third-order valence-corrected chi connectivity index (χ3v) is 8.20. The van der Waals surface area contributed by atoms with Crippen molar-refractivity contribution in [1.29, 1.82) is 0 Å². The fraction of sp³-hybridized carbons (Fsp3) is 0.417. The number of carbonyl (C=O) groups is 2. The summed E-state index contributed by atoms with van der Waals surface area (Å²) >= 11 is 0. The monoisotopic (exact) mass is 470 g/mol. The van der Waals surface area contributed by atoms with E-state index in [9.17, 15) is 18.0 Å². The van der Waals surface area contributed by atoms with E-state index in [1.54, 1.807) is 36.4 Å². The van der Waals surface area contributed by atoms with Crippen LogP contribution in [0.2, 0.25) is 0 Å². The molecule has 0 aromatic heterocycles. The number of anilines is 1. The molecule has 2 fully saturated rings. The Kier molecular flexibility index (Phi) is 7.11. The molecule has 176 valence electrons. The molecule has 1 heterocycles. The van der Waals surface area contributed by atoms with Gasteiger partial charge in [-0.2, -0.15) is 4.31 Å². The van der Waals surface area contributed by atoms with Crippen LogP contribution in [0.1, 0.15) is 46.4 Å². The quantitative estimate of drug-likeness (QED) is 0.676. The molecule has 2 N–H and O–H groups in total. The SMILES string of the molecule is CN1CCN(S(=O)(=O)c2cccc(C(=O)Nc3ccccc3C(=O)NC3CCCC3)c2)CC1. The number of rotatable bonds is 6. The standard InChI is InChI=1S/C24H30N4O4S/c1-27-13-15-28(16-14-27)33(31,32)20-10-6-7-18(17-20)23(29)26-22-12-5-4-11-21(22)24(30)25-19-8-2-3-9-19/h4-7,10-12,17,19H,2-3,8-9,13-16H2,1H3,(H,25,30)(H,26,29). The summed E-state index contributed by atoms with van der Waals surface area (Å²) in [7, 11) is -1.73. The third-order valence-electron chi connectivity index (χ3n) is 6.31. The lowest BCUT2D eigenvalue weighted by atomic mass is 10.1. The van der Waals surface area contributed by atoms with E-state index in [2.05, 4.69) is 15.5 Å². The van der Waals surface area contributed by atoms with Gasteiger partial charge < -0.3 is 15.5 Å². The molecule has 0 atom stereocenters. The maximum absolute atomic E-state index is 13.1. The summed E-state index contributed by atoms with van der Waals surface area (Å²) in [6, 6.07) is 13.0. The zero-order chi connectivity index (χ0) is 23.4. The van der Waals surface area contributed by atoms with Crippen molar-refractivity contribution in [1.82, 2.24) is 14.5 Å². The van der Waals surface area contributed by atoms with Crippen LogP contribution in [0.25, 0.3) is 0 Å². The van der Waals surface area contributed by atoms with Crippen LogP contribution >= 0.6 is 0 Å². The first-order valence-electron chi connectivity index (χ1n) is 11.3. The molecule has 1 aliphatic carbocycles. The summed E-state index contributed by atoms with van der Waals surface area (Å²) in [6.45, 7) is 2.16. The van der Waals surface area contributed by atoms with Gasteiger partial charge in [-0.3, -0.25) is 9.59 Å². The summed E-state index contributed by atoms with van der Waals surface area (Å²) in [6.07, 6.45) is 4.15. The lowest BCUT2D eigenvalue weighted by Crippen LogP contribution is -2.47. The van der Waals surface area contributed by atoms with E-state index < -0.39 is 15.9 Å².